The molecule has 0 saturated heterocycles. The monoisotopic (exact) mass is 266 g/mol. The number of halogens is 1. The van der Waals surface area contributed by atoms with E-state index in [-0.39, 0.29) is 5.69 Å². The van der Waals surface area contributed by atoms with Gasteiger partial charge < -0.3 is 9.73 Å². The van der Waals surface area contributed by atoms with Gasteiger partial charge in [0, 0.05) is 23.2 Å². The van der Waals surface area contributed by atoms with Crippen molar-refractivity contribution < 1.29 is 9.34 Å². The number of nitrogens with one attached hydrogen (secondary N) is 1. The maximum absolute atomic E-state index is 10.9. The summed E-state index contributed by atoms with van der Waals surface area (Å²) in [5, 5.41) is 14.3. The van der Waals surface area contributed by atoms with E-state index in [1.165, 1.54) is 6.07 Å². The Morgan fingerprint density at radius 2 is 2.17 bits per heavy atom. The SMILES string of the molecule is O=[N+]([O-])c1cc(Cl)ccc1CNCc1ccco1. The van der Waals surface area contributed by atoms with E-state index in [1.54, 1.807) is 24.5 Å². The second-order valence-electron chi connectivity index (χ2n) is 3.71. The average molecular weight is 267 g/mol. The molecule has 0 saturated carbocycles. The van der Waals surface area contributed by atoms with Gasteiger partial charge in [0.25, 0.3) is 5.69 Å². The van der Waals surface area contributed by atoms with Crippen LogP contribution < -0.4 is 5.32 Å². The van der Waals surface area contributed by atoms with Crippen molar-refractivity contribution in [2.75, 3.05) is 0 Å². The largest absolute Gasteiger partial charge is 0.468 e. The Balaban J connectivity index is 2.02. The summed E-state index contributed by atoms with van der Waals surface area (Å²) in [4.78, 5) is 10.4. The van der Waals surface area contributed by atoms with Crippen LogP contribution in [0.5, 0.6) is 0 Å². The molecule has 1 aromatic carbocycles. The number of hydrogen-bond donors (Lipinski definition) is 1. The first-order chi connectivity index (χ1) is 8.66. The summed E-state index contributed by atoms with van der Waals surface area (Å²) < 4.78 is 5.15. The molecule has 2 aromatic rings. The van der Waals surface area contributed by atoms with E-state index in [0.29, 0.717) is 23.7 Å². The van der Waals surface area contributed by atoms with Crippen molar-refractivity contribution in [2.24, 2.45) is 0 Å². The first-order valence-corrected chi connectivity index (χ1v) is 5.70. The molecule has 0 radical (unpaired) electrons. The number of benzene rings is 1. The Morgan fingerprint density at radius 3 is 2.83 bits per heavy atom. The molecular weight excluding hydrogens is 256 g/mol. The van der Waals surface area contributed by atoms with Gasteiger partial charge in [-0.1, -0.05) is 11.6 Å². The summed E-state index contributed by atoms with van der Waals surface area (Å²) in [5.41, 5.74) is 0.616. The zero-order valence-electron chi connectivity index (χ0n) is 9.43. The van der Waals surface area contributed by atoms with Crippen LogP contribution >= 0.6 is 11.6 Å². The highest BCUT2D eigenvalue weighted by Gasteiger charge is 2.13. The first-order valence-electron chi connectivity index (χ1n) is 5.33. The molecule has 0 bridgehead atoms. The molecule has 0 aliphatic carbocycles. The number of rotatable bonds is 5. The molecule has 0 aliphatic rings. The fourth-order valence-electron chi connectivity index (χ4n) is 1.59. The lowest BCUT2D eigenvalue weighted by Gasteiger charge is -2.04. The van der Waals surface area contributed by atoms with Gasteiger partial charge >= 0.3 is 0 Å². The third-order valence-corrected chi connectivity index (χ3v) is 2.67. The standard InChI is InChI=1S/C12H11ClN2O3/c13-10-4-3-9(12(6-10)15(16)17)7-14-8-11-2-1-5-18-11/h1-6,14H,7-8H2. The van der Waals surface area contributed by atoms with Crippen LogP contribution in [0.25, 0.3) is 0 Å². The van der Waals surface area contributed by atoms with E-state index < -0.39 is 4.92 Å². The minimum absolute atomic E-state index is 0.0226. The maximum atomic E-state index is 10.9. The second-order valence-corrected chi connectivity index (χ2v) is 4.15. The zero-order valence-corrected chi connectivity index (χ0v) is 10.2. The fraction of sp³-hybridized carbons (Fsp3) is 0.167. The van der Waals surface area contributed by atoms with Crippen LogP contribution in [-0.2, 0) is 13.1 Å². The van der Waals surface area contributed by atoms with E-state index >= 15 is 0 Å². The molecule has 0 amide bonds. The fourth-order valence-corrected chi connectivity index (χ4v) is 1.76. The minimum Gasteiger partial charge on any atom is -0.468 e. The van der Waals surface area contributed by atoms with Gasteiger partial charge in [0.05, 0.1) is 17.7 Å². The van der Waals surface area contributed by atoms with Gasteiger partial charge in [-0.2, -0.15) is 0 Å². The summed E-state index contributed by atoms with van der Waals surface area (Å²) in [6.07, 6.45) is 1.59. The van der Waals surface area contributed by atoms with Gasteiger partial charge in [0.15, 0.2) is 0 Å². The van der Waals surface area contributed by atoms with Crippen LogP contribution in [0, 0.1) is 10.1 Å². The molecule has 18 heavy (non-hydrogen) atoms. The van der Waals surface area contributed by atoms with Crippen molar-refractivity contribution in [3.8, 4) is 0 Å². The summed E-state index contributed by atoms with van der Waals surface area (Å²) >= 11 is 5.74. The highest BCUT2D eigenvalue weighted by atomic mass is 35.5. The first kappa shape index (κ1) is 12.6. The van der Waals surface area contributed by atoms with Crippen LogP contribution in [0.15, 0.2) is 41.0 Å². The predicted octanol–water partition coefficient (Wildman–Crippen LogP) is 3.13. The average Bonchev–Trinajstić information content (AvgIpc) is 2.84. The number of hydrogen-bond acceptors (Lipinski definition) is 4. The van der Waals surface area contributed by atoms with E-state index in [4.69, 9.17) is 16.0 Å². The van der Waals surface area contributed by atoms with Gasteiger partial charge in [-0.3, -0.25) is 10.1 Å². The van der Waals surface area contributed by atoms with E-state index in [0.717, 1.165) is 5.76 Å². The van der Waals surface area contributed by atoms with Gasteiger partial charge in [0.1, 0.15) is 5.76 Å². The van der Waals surface area contributed by atoms with E-state index in [1.807, 2.05) is 6.07 Å². The summed E-state index contributed by atoms with van der Waals surface area (Å²) in [6.45, 7) is 0.904. The molecule has 2 rings (SSSR count). The number of nitrogens with zero attached hydrogens (tertiary/aromatic N) is 1. The summed E-state index contributed by atoms with van der Waals surface area (Å²) in [6, 6.07) is 8.27. The lowest BCUT2D eigenvalue weighted by atomic mass is 10.2. The Labute approximate surface area is 109 Å². The molecule has 5 nitrogen and oxygen atoms in total. The van der Waals surface area contributed by atoms with Gasteiger partial charge in [-0.15, -0.1) is 0 Å². The summed E-state index contributed by atoms with van der Waals surface area (Å²) in [7, 11) is 0. The molecule has 1 heterocycles. The van der Waals surface area contributed by atoms with Gasteiger partial charge in [0.2, 0.25) is 0 Å². The van der Waals surface area contributed by atoms with Crippen LogP contribution in [-0.4, -0.2) is 4.92 Å². The van der Waals surface area contributed by atoms with Crippen molar-refractivity contribution in [1.29, 1.82) is 0 Å². The summed E-state index contributed by atoms with van der Waals surface area (Å²) in [5.74, 6) is 0.784. The molecule has 0 unspecified atom stereocenters. The zero-order chi connectivity index (χ0) is 13.0. The van der Waals surface area contributed by atoms with E-state index in [9.17, 15) is 10.1 Å². The van der Waals surface area contributed by atoms with Crippen molar-refractivity contribution in [1.82, 2.24) is 5.32 Å². The molecule has 0 aliphatic heterocycles. The Hall–Kier alpha value is -1.85. The quantitative estimate of drug-likeness (QED) is 0.667. The van der Waals surface area contributed by atoms with Gasteiger partial charge in [-0.25, -0.2) is 0 Å². The van der Waals surface area contributed by atoms with Crippen LogP contribution in [0.3, 0.4) is 0 Å². The van der Waals surface area contributed by atoms with Crippen molar-refractivity contribution in [3.63, 3.8) is 0 Å². The number of furan rings is 1. The third-order valence-electron chi connectivity index (χ3n) is 2.44. The van der Waals surface area contributed by atoms with Crippen molar-refractivity contribution in [3.05, 3.63) is 63.1 Å². The van der Waals surface area contributed by atoms with Gasteiger partial charge in [-0.05, 0) is 24.3 Å². The Morgan fingerprint density at radius 1 is 1.33 bits per heavy atom. The molecule has 0 atom stereocenters. The third kappa shape index (κ3) is 3.09. The topological polar surface area (TPSA) is 68.3 Å². The predicted molar refractivity (Wildman–Crippen MR) is 67.4 cm³/mol. The van der Waals surface area contributed by atoms with Crippen LogP contribution in [0.2, 0.25) is 5.02 Å². The second kappa shape index (κ2) is 5.66. The lowest BCUT2D eigenvalue weighted by molar-refractivity contribution is -0.385. The normalized spacial score (nSPS) is 10.5. The highest BCUT2D eigenvalue weighted by Crippen LogP contribution is 2.23. The number of nitro groups is 1. The number of nitro benzene ring substituents is 1. The molecule has 0 fully saturated rings. The molecule has 6 heteroatoms. The lowest BCUT2D eigenvalue weighted by Crippen LogP contribution is -2.13. The Bertz CT molecular complexity index is 540. The smallest absolute Gasteiger partial charge is 0.275 e. The molecule has 1 aromatic heterocycles. The Kier molecular flexibility index (Phi) is 3.96. The van der Waals surface area contributed by atoms with E-state index in [2.05, 4.69) is 5.32 Å². The van der Waals surface area contributed by atoms with Crippen LogP contribution in [0.1, 0.15) is 11.3 Å². The molecule has 0 spiro atoms. The van der Waals surface area contributed by atoms with Crippen molar-refractivity contribution in [2.45, 2.75) is 13.1 Å². The van der Waals surface area contributed by atoms with Crippen LogP contribution in [0.4, 0.5) is 5.69 Å². The minimum atomic E-state index is -0.435. The highest BCUT2D eigenvalue weighted by molar-refractivity contribution is 6.30. The molecule has 1 N–H and O–H groups in total. The van der Waals surface area contributed by atoms with Crippen molar-refractivity contribution >= 4 is 17.3 Å². The maximum Gasteiger partial charge on any atom is 0.275 e. The molecular formula is C12H11ClN2O3. The molecule has 94 valence electrons.